The number of likely N-dealkylation sites (tertiary alicyclic amines) is 2. The molecule has 2 aromatic rings. The first-order valence-corrected chi connectivity index (χ1v) is 12.9. The first-order chi connectivity index (χ1) is 19.1. The molecule has 15 heteroatoms. The molecule has 3 atom stereocenters. The van der Waals surface area contributed by atoms with Gasteiger partial charge in [0.25, 0.3) is 11.4 Å². The fraction of sp³-hybridized carbons (Fsp3) is 0.400. The topological polar surface area (TPSA) is 174 Å². The van der Waals surface area contributed by atoms with Gasteiger partial charge in [-0.1, -0.05) is 0 Å². The van der Waals surface area contributed by atoms with Gasteiger partial charge >= 0.3 is 12.2 Å². The third-order valence-corrected chi connectivity index (χ3v) is 7.02. The van der Waals surface area contributed by atoms with Crippen LogP contribution in [0.5, 0.6) is 0 Å². The summed E-state index contributed by atoms with van der Waals surface area (Å²) in [5.74, 6) is -0.271. The molecule has 1 N–H and O–H groups in total. The standard InChI is InChI=1S/C25H27N5O9S/c31-23(22-11-21(40)13-28(22)25(33)39-15-17-3-7-20(8-4-17)30(36)37)27-10-9-18(12-27)26-24(32)38-14-16-1-5-19(6-2-16)29(34)35/h1-8,18,21-22,40H,9-15H2,(H,26,32)/t18?,21-,22-/m0/s1. The Balaban J connectivity index is 1.25. The Morgan fingerprint density at radius 3 is 2.00 bits per heavy atom. The first kappa shape index (κ1) is 28.6. The zero-order valence-corrected chi connectivity index (χ0v) is 22.1. The Labute approximate surface area is 233 Å². The van der Waals surface area contributed by atoms with E-state index >= 15 is 0 Å². The van der Waals surface area contributed by atoms with Gasteiger partial charge in [-0.15, -0.1) is 0 Å². The molecule has 2 aliphatic heterocycles. The molecule has 2 saturated heterocycles. The summed E-state index contributed by atoms with van der Waals surface area (Å²) in [6.07, 6.45) is -0.511. The fourth-order valence-electron chi connectivity index (χ4n) is 4.55. The minimum atomic E-state index is -0.764. The lowest BCUT2D eigenvalue weighted by Gasteiger charge is -2.27. The molecule has 0 spiro atoms. The number of nitro groups is 2. The number of nitro benzene ring substituents is 2. The molecule has 2 fully saturated rings. The van der Waals surface area contributed by atoms with E-state index in [1.165, 1.54) is 53.4 Å². The van der Waals surface area contributed by atoms with Crippen molar-refractivity contribution in [3.63, 3.8) is 0 Å². The molecule has 2 heterocycles. The van der Waals surface area contributed by atoms with Crippen LogP contribution in [0, 0.1) is 20.2 Å². The molecule has 0 saturated carbocycles. The van der Waals surface area contributed by atoms with Gasteiger partial charge in [-0.2, -0.15) is 12.6 Å². The van der Waals surface area contributed by atoms with Crippen LogP contribution >= 0.6 is 12.6 Å². The maximum Gasteiger partial charge on any atom is 0.410 e. The molecule has 14 nitrogen and oxygen atoms in total. The van der Waals surface area contributed by atoms with Gasteiger partial charge < -0.3 is 19.7 Å². The molecule has 4 rings (SSSR count). The highest BCUT2D eigenvalue weighted by molar-refractivity contribution is 7.81. The maximum absolute atomic E-state index is 13.3. The molecule has 212 valence electrons. The van der Waals surface area contributed by atoms with Crippen LogP contribution in [-0.4, -0.2) is 74.7 Å². The summed E-state index contributed by atoms with van der Waals surface area (Å²) in [4.78, 5) is 61.8. The lowest BCUT2D eigenvalue weighted by atomic mass is 10.2. The number of amides is 3. The molecular weight excluding hydrogens is 546 g/mol. The number of benzene rings is 2. The molecule has 2 aromatic carbocycles. The third-order valence-electron chi connectivity index (χ3n) is 6.65. The second kappa shape index (κ2) is 12.6. The number of thiol groups is 1. The average Bonchev–Trinajstić information content (AvgIpc) is 3.57. The van der Waals surface area contributed by atoms with Gasteiger partial charge in [0, 0.05) is 49.1 Å². The van der Waals surface area contributed by atoms with Crippen molar-refractivity contribution < 1.29 is 33.7 Å². The van der Waals surface area contributed by atoms with Crippen LogP contribution in [0.15, 0.2) is 48.5 Å². The van der Waals surface area contributed by atoms with Crippen molar-refractivity contribution in [1.82, 2.24) is 15.1 Å². The predicted octanol–water partition coefficient (Wildman–Crippen LogP) is 3.04. The Bertz CT molecular complexity index is 1270. The van der Waals surface area contributed by atoms with Crippen molar-refractivity contribution in [2.45, 2.75) is 43.4 Å². The second-order valence-electron chi connectivity index (χ2n) is 9.45. The minimum Gasteiger partial charge on any atom is -0.445 e. The number of hydrogen-bond donors (Lipinski definition) is 2. The van der Waals surface area contributed by atoms with Crippen LogP contribution < -0.4 is 5.32 Å². The van der Waals surface area contributed by atoms with Crippen molar-refractivity contribution in [3.8, 4) is 0 Å². The quantitative estimate of drug-likeness (QED) is 0.273. The molecule has 3 amide bonds. The van der Waals surface area contributed by atoms with Crippen LogP contribution in [0.4, 0.5) is 21.0 Å². The number of alkyl carbamates (subject to hydrolysis) is 1. The zero-order valence-electron chi connectivity index (χ0n) is 21.2. The number of hydrogen-bond acceptors (Lipinski definition) is 10. The first-order valence-electron chi connectivity index (χ1n) is 12.4. The Morgan fingerprint density at radius 1 is 0.900 bits per heavy atom. The minimum absolute atomic E-state index is 0.0632. The van der Waals surface area contributed by atoms with E-state index in [0.717, 1.165) is 0 Å². The summed E-state index contributed by atoms with van der Waals surface area (Å²) < 4.78 is 10.6. The van der Waals surface area contributed by atoms with E-state index in [1.54, 1.807) is 4.90 Å². The lowest BCUT2D eigenvalue weighted by Crippen LogP contribution is -2.48. The molecule has 2 aliphatic rings. The smallest absolute Gasteiger partial charge is 0.410 e. The lowest BCUT2D eigenvalue weighted by molar-refractivity contribution is -0.385. The van der Waals surface area contributed by atoms with Crippen LogP contribution in [0.3, 0.4) is 0 Å². The summed E-state index contributed by atoms with van der Waals surface area (Å²) in [5.41, 5.74) is 1.02. The van der Waals surface area contributed by atoms with Crippen molar-refractivity contribution in [2.24, 2.45) is 0 Å². The van der Waals surface area contributed by atoms with E-state index in [-0.39, 0.29) is 54.9 Å². The van der Waals surface area contributed by atoms with Gasteiger partial charge in [0.05, 0.1) is 15.9 Å². The van der Waals surface area contributed by atoms with Gasteiger partial charge in [0.1, 0.15) is 19.3 Å². The van der Waals surface area contributed by atoms with E-state index in [9.17, 15) is 34.6 Å². The van der Waals surface area contributed by atoms with E-state index in [4.69, 9.17) is 9.47 Å². The van der Waals surface area contributed by atoms with Crippen molar-refractivity contribution >= 4 is 42.1 Å². The normalized spacial score (nSPS) is 20.2. The summed E-state index contributed by atoms with van der Waals surface area (Å²) >= 11 is 4.45. The molecular formula is C25H27N5O9S. The van der Waals surface area contributed by atoms with Crippen LogP contribution in [0.1, 0.15) is 24.0 Å². The predicted molar refractivity (Wildman–Crippen MR) is 143 cm³/mol. The molecule has 0 aromatic heterocycles. The number of ether oxygens (including phenoxy) is 2. The maximum atomic E-state index is 13.3. The van der Waals surface area contributed by atoms with E-state index < -0.39 is 28.1 Å². The summed E-state index contributed by atoms with van der Waals surface area (Å²) in [6.45, 7) is 0.671. The summed E-state index contributed by atoms with van der Waals surface area (Å²) in [5, 5.41) is 24.0. The van der Waals surface area contributed by atoms with Crippen LogP contribution in [0.25, 0.3) is 0 Å². The average molecular weight is 574 g/mol. The van der Waals surface area contributed by atoms with Crippen LogP contribution in [-0.2, 0) is 27.5 Å². The largest absolute Gasteiger partial charge is 0.445 e. The monoisotopic (exact) mass is 573 g/mol. The molecule has 0 aliphatic carbocycles. The number of non-ortho nitro benzene ring substituents is 2. The SMILES string of the molecule is O=C(NC1CCN(C(=O)[C@@H]2C[C@H](S)CN2C(=O)OCc2ccc([N+](=O)[O-])cc2)C1)OCc1ccc([N+](=O)[O-])cc1. The Kier molecular flexibility index (Phi) is 9.04. The highest BCUT2D eigenvalue weighted by Crippen LogP contribution is 2.26. The Hall–Kier alpha value is -4.40. The molecule has 1 unspecified atom stereocenters. The number of carbonyl (C=O) groups is 3. The number of nitrogens with zero attached hydrogens (tertiary/aromatic N) is 4. The van der Waals surface area contributed by atoms with Crippen molar-refractivity contribution in [3.05, 3.63) is 79.9 Å². The van der Waals surface area contributed by atoms with Gasteiger partial charge in [-0.25, -0.2) is 9.59 Å². The number of carbonyl (C=O) groups excluding carboxylic acids is 3. The fourth-order valence-corrected chi connectivity index (χ4v) is 4.93. The number of nitrogens with one attached hydrogen (secondary N) is 1. The summed E-state index contributed by atoms with van der Waals surface area (Å²) in [7, 11) is 0. The Morgan fingerprint density at radius 2 is 1.45 bits per heavy atom. The third kappa shape index (κ3) is 7.16. The number of rotatable bonds is 8. The van der Waals surface area contributed by atoms with Gasteiger partial charge in [0.2, 0.25) is 5.91 Å². The highest BCUT2D eigenvalue weighted by atomic mass is 32.1. The van der Waals surface area contributed by atoms with Crippen LogP contribution in [0.2, 0.25) is 0 Å². The molecule has 0 radical (unpaired) electrons. The van der Waals surface area contributed by atoms with Gasteiger partial charge in [-0.05, 0) is 48.2 Å². The van der Waals surface area contributed by atoms with Crippen molar-refractivity contribution in [1.29, 1.82) is 0 Å². The van der Waals surface area contributed by atoms with E-state index in [2.05, 4.69) is 17.9 Å². The van der Waals surface area contributed by atoms with E-state index in [0.29, 0.717) is 30.5 Å². The van der Waals surface area contributed by atoms with E-state index in [1.807, 2.05) is 0 Å². The zero-order chi connectivity index (χ0) is 28.8. The highest BCUT2D eigenvalue weighted by Gasteiger charge is 2.42. The van der Waals surface area contributed by atoms with Gasteiger partial charge in [0.15, 0.2) is 0 Å². The molecule has 0 bridgehead atoms. The summed E-state index contributed by atoms with van der Waals surface area (Å²) in [6, 6.07) is 10.2. The second-order valence-corrected chi connectivity index (χ2v) is 10.2. The molecule has 40 heavy (non-hydrogen) atoms. The van der Waals surface area contributed by atoms with Gasteiger partial charge in [-0.3, -0.25) is 29.9 Å². The van der Waals surface area contributed by atoms with Crippen molar-refractivity contribution in [2.75, 3.05) is 19.6 Å².